The predicted molar refractivity (Wildman–Crippen MR) is 85.9 cm³/mol. The van der Waals surface area contributed by atoms with E-state index in [0.29, 0.717) is 0 Å². The second-order valence-electron chi connectivity index (χ2n) is 5.73. The minimum absolute atomic E-state index is 0.144. The molecule has 0 saturated carbocycles. The Morgan fingerprint density at radius 1 is 1.10 bits per heavy atom. The van der Waals surface area contributed by atoms with Crippen LogP contribution in [0, 0.1) is 0 Å². The van der Waals surface area contributed by atoms with Gasteiger partial charge in [0.25, 0.3) is 0 Å². The Bertz CT molecular complexity index is 620. The van der Waals surface area contributed by atoms with Crippen molar-refractivity contribution in [2.75, 3.05) is 0 Å². The normalized spacial score (nSPS) is 15.2. The maximum absolute atomic E-state index is 11.6. The Kier molecular flexibility index (Phi) is 4.43. The number of carbonyl (C=O) groups excluding carboxylic acids is 1. The van der Waals surface area contributed by atoms with Crippen LogP contribution in [0.4, 0.5) is 0 Å². The first-order valence-electron chi connectivity index (χ1n) is 7.13. The highest BCUT2D eigenvalue weighted by Gasteiger charge is 2.34. The van der Waals surface area contributed by atoms with Gasteiger partial charge in [-0.2, -0.15) is 0 Å². The van der Waals surface area contributed by atoms with E-state index < -0.39 is 11.4 Å². The molecule has 4 N–H and O–H groups in total. The van der Waals surface area contributed by atoms with Gasteiger partial charge < -0.3 is 11.5 Å². The molecule has 0 aromatic heterocycles. The third-order valence-corrected chi connectivity index (χ3v) is 4.19. The summed E-state index contributed by atoms with van der Waals surface area (Å²) in [4.78, 5) is 11.6. The summed E-state index contributed by atoms with van der Waals surface area (Å²) in [5.41, 5.74) is 14.0. The largest absolute Gasteiger partial charge is 0.368 e. The molecule has 110 valence electrons. The van der Waals surface area contributed by atoms with Gasteiger partial charge in [-0.05, 0) is 30.0 Å². The molecule has 21 heavy (non-hydrogen) atoms. The molecule has 0 aliphatic carbocycles. The van der Waals surface area contributed by atoms with Gasteiger partial charge in [0.2, 0.25) is 5.91 Å². The Morgan fingerprint density at radius 3 is 2.29 bits per heavy atom. The van der Waals surface area contributed by atoms with Gasteiger partial charge in [-0.3, -0.25) is 4.79 Å². The minimum atomic E-state index is -1.06. The van der Waals surface area contributed by atoms with Crippen molar-refractivity contribution in [2.24, 2.45) is 11.5 Å². The lowest BCUT2D eigenvalue weighted by Crippen LogP contribution is -2.53. The van der Waals surface area contributed by atoms with Crippen LogP contribution in [0.5, 0.6) is 0 Å². The van der Waals surface area contributed by atoms with Crippen LogP contribution in [-0.2, 0) is 11.2 Å². The summed E-state index contributed by atoms with van der Waals surface area (Å²) in [6.45, 7) is 3.65. The highest BCUT2D eigenvalue weighted by molar-refractivity contribution is 5.85. The van der Waals surface area contributed by atoms with Crippen molar-refractivity contribution in [2.45, 2.75) is 31.7 Å². The lowest BCUT2D eigenvalue weighted by Gasteiger charge is -2.30. The average molecular weight is 282 g/mol. The molecule has 2 rings (SSSR count). The summed E-state index contributed by atoms with van der Waals surface area (Å²) in [5.74, 6) is -0.626. The quantitative estimate of drug-likeness (QED) is 0.885. The van der Waals surface area contributed by atoms with Gasteiger partial charge in [0.15, 0.2) is 0 Å². The van der Waals surface area contributed by atoms with Crippen molar-refractivity contribution < 1.29 is 4.79 Å². The third kappa shape index (κ3) is 3.31. The Hall–Kier alpha value is -2.13. The molecule has 2 unspecified atom stereocenters. The summed E-state index contributed by atoms with van der Waals surface area (Å²) in [5, 5.41) is 0. The number of benzene rings is 2. The zero-order valence-corrected chi connectivity index (χ0v) is 12.5. The van der Waals surface area contributed by atoms with Crippen molar-refractivity contribution >= 4 is 5.91 Å². The van der Waals surface area contributed by atoms with Gasteiger partial charge in [0.1, 0.15) is 0 Å². The molecule has 0 bridgehead atoms. The molecule has 3 nitrogen and oxygen atoms in total. The van der Waals surface area contributed by atoms with Crippen LogP contribution in [-0.4, -0.2) is 11.4 Å². The number of amides is 1. The molecule has 2 atom stereocenters. The number of hydrogen-bond acceptors (Lipinski definition) is 2. The van der Waals surface area contributed by atoms with Crippen LogP contribution in [0.15, 0.2) is 54.6 Å². The fourth-order valence-corrected chi connectivity index (χ4v) is 2.47. The number of primary amides is 1. The fraction of sp³-hybridized carbons (Fsp3) is 0.278. The second-order valence-corrected chi connectivity index (χ2v) is 5.73. The maximum Gasteiger partial charge on any atom is 0.237 e. The first-order chi connectivity index (χ1) is 9.93. The molecule has 0 fully saturated rings. The van der Waals surface area contributed by atoms with Gasteiger partial charge in [-0.25, -0.2) is 0 Å². The molecule has 0 saturated heterocycles. The molecular formula is C18H22N2O. The standard InChI is InChI=1S/C18H22N2O/c1-13(18(2,20)17(19)21)16-11-7-6-10-15(16)12-14-8-4-3-5-9-14/h3-11,13H,12,20H2,1-2H3,(H2,19,21). The van der Waals surface area contributed by atoms with Crippen molar-refractivity contribution in [3.8, 4) is 0 Å². The van der Waals surface area contributed by atoms with Crippen LogP contribution >= 0.6 is 0 Å². The van der Waals surface area contributed by atoms with Crippen LogP contribution < -0.4 is 11.5 Å². The van der Waals surface area contributed by atoms with E-state index in [1.54, 1.807) is 6.92 Å². The van der Waals surface area contributed by atoms with E-state index in [2.05, 4.69) is 18.2 Å². The third-order valence-electron chi connectivity index (χ3n) is 4.19. The van der Waals surface area contributed by atoms with Crippen molar-refractivity contribution in [1.82, 2.24) is 0 Å². The van der Waals surface area contributed by atoms with E-state index in [-0.39, 0.29) is 5.92 Å². The van der Waals surface area contributed by atoms with Crippen LogP contribution in [0.2, 0.25) is 0 Å². The van der Waals surface area contributed by atoms with Gasteiger partial charge >= 0.3 is 0 Å². The number of carbonyl (C=O) groups is 1. The Balaban J connectivity index is 2.35. The molecule has 0 aliphatic rings. The number of rotatable bonds is 5. The molecule has 0 heterocycles. The molecule has 2 aromatic rings. The van der Waals surface area contributed by atoms with Gasteiger partial charge in [-0.1, -0.05) is 61.5 Å². The summed E-state index contributed by atoms with van der Waals surface area (Å²) in [6, 6.07) is 18.3. The molecule has 0 radical (unpaired) electrons. The first kappa shape index (κ1) is 15.3. The number of nitrogens with two attached hydrogens (primary N) is 2. The summed E-state index contributed by atoms with van der Waals surface area (Å²) >= 11 is 0. The Labute approximate surface area is 126 Å². The highest BCUT2D eigenvalue weighted by Crippen LogP contribution is 2.29. The topological polar surface area (TPSA) is 69.1 Å². The Morgan fingerprint density at radius 2 is 1.67 bits per heavy atom. The van der Waals surface area contributed by atoms with E-state index in [9.17, 15) is 4.79 Å². The molecule has 0 spiro atoms. The first-order valence-corrected chi connectivity index (χ1v) is 7.13. The highest BCUT2D eigenvalue weighted by atomic mass is 16.1. The monoisotopic (exact) mass is 282 g/mol. The molecular weight excluding hydrogens is 260 g/mol. The average Bonchev–Trinajstić information content (AvgIpc) is 2.48. The maximum atomic E-state index is 11.6. The smallest absolute Gasteiger partial charge is 0.237 e. The summed E-state index contributed by atoms with van der Waals surface area (Å²) < 4.78 is 0. The minimum Gasteiger partial charge on any atom is -0.368 e. The van der Waals surface area contributed by atoms with E-state index in [1.165, 1.54) is 11.1 Å². The zero-order valence-electron chi connectivity index (χ0n) is 12.5. The second kappa shape index (κ2) is 6.10. The van der Waals surface area contributed by atoms with Crippen LogP contribution in [0.25, 0.3) is 0 Å². The molecule has 3 heteroatoms. The van der Waals surface area contributed by atoms with Crippen LogP contribution in [0.1, 0.15) is 36.5 Å². The SMILES string of the molecule is CC(c1ccccc1Cc1ccccc1)C(C)(N)C(N)=O. The van der Waals surface area contributed by atoms with Crippen molar-refractivity contribution in [3.63, 3.8) is 0 Å². The predicted octanol–water partition coefficient (Wildman–Crippen LogP) is 2.58. The van der Waals surface area contributed by atoms with E-state index >= 15 is 0 Å². The zero-order chi connectivity index (χ0) is 15.5. The molecule has 2 aromatic carbocycles. The van der Waals surface area contributed by atoms with Crippen molar-refractivity contribution in [3.05, 3.63) is 71.3 Å². The summed E-state index contributed by atoms with van der Waals surface area (Å²) in [6.07, 6.45) is 0.816. The lowest BCUT2D eigenvalue weighted by molar-refractivity contribution is -0.123. The fourth-order valence-electron chi connectivity index (χ4n) is 2.47. The number of hydrogen-bond donors (Lipinski definition) is 2. The van der Waals surface area contributed by atoms with Gasteiger partial charge in [0, 0.05) is 5.92 Å². The summed E-state index contributed by atoms with van der Waals surface area (Å²) in [7, 11) is 0. The van der Waals surface area contributed by atoms with Gasteiger partial charge in [-0.15, -0.1) is 0 Å². The lowest BCUT2D eigenvalue weighted by atomic mass is 9.79. The van der Waals surface area contributed by atoms with Crippen LogP contribution in [0.3, 0.4) is 0 Å². The van der Waals surface area contributed by atoms with E-state index in [4.69, 9.17) is 11.5 Å². The van der Waals surface area contributed by atoms with Gasteiger partial charge in [0.05, 0.1) is 5.54 Å². The molecule has 0 aliphatic heterocycles. The van der Waals surface area contributed by atoms with E-state index in [1.807, 2.05) is 43.3 Å². The van der Waals surface area contributed by atoms with Crippen molar-refractivity contribution in [1.29, 1.82) is 0 Å². The molecule has 1 amide bonds. The van der Waals surface area contributed by atoms with E-state index in [0.717, 1.165) is 12.0 Å².